The van der Waals surface area contributed by atoms with Crippen LogP contribution in [0.1, 0.15) is 24.2 Å². The lowest BCUT2D eigenvalue weighted by Crippen LogP contribution is -2.38. The largest absolute Gasteiger partial charge is 0.386 e. The second-order valence-electron chi connectivity index (χ2n) is 6.75. The van der Waals surface area contributed by atoms with Crippen molar-refractivity contribution >= 4 is 5.96 Å². The Labute approximate surface area is 170 Å². The van der Waals surface area contributed by atoms with Crippen molar-refractivity contribution in [2.24, 2.45) is 4.99 Å². The first-order valence-electron chi connectivity index (χ1n) is 9.58. The van der Waals surface area contributed by atoms with E-state index in [4.69, 9.17) is 0 Å². The molecule has 0 fully saturated rings. The Morgan fingerprint density at radius 2 is 1.93 bits per heavy atom. The summed E-state index contributed by atoms with van der Waals surface area (Å²) in [5.41, 5.74) is 2.68. The Morgan fingerprint density at radius 3 is 2.62 bits per heavy atom. The molecule has 2 N–H and O–H groups in total. The number of nitrogens with one attached hydrogen (secondary N) is 1. The Balaban J connectivity index is 1.66. The average Bonchev–Trinajstić information content (AvgIpc) is 3.20. The van der Waals surface area contributed by atoms with E-state index >= 15 is 0 Å². The van der Waals surface area contributed by atoms with Gasteiger partial charge in [0.05, 0.1) is 24.5 Å². The first-order valence-corrected chi connectivity index (χ1v) is 9.58. The van der Waals surface area contributed by atoms with Crippen LogP contribution < -0.4 is 5.32 Å². The number of aliphatic imine (C=N–C) groups is 1. The van der Waals surface area contributed by atoms with Crippen molar-refractivity contribution in [3.8, 4) is 5.69 Å². The lowest BCUT2D eigenvalue weighted by Gasteiger charge is -2.22. The van der Waals surface area contributed by atoms with Crippen LogP contribution in [0, 0.1) is 5.82 Å². The van der Waals surface area contributed by atoms with Crippen LogP contribution in [0.25, 0.3) is 5.69 Å². The summed E-state index contributed by atoms with van der Waals surface area (Å²) < 4.78 is 14.9. The first-order chi connectivity index (χ1) is 14.1. The van der Waals surface area contributed by atoms with Crippen LogP contribution in [-0.2, 0) is 6.54 Å². The molecule has 1 aromatic heterocycles. The molecule has 2 aromatic carbocycles. The van der Waals surface area contributed by atoms with Gasteiger partial charge >= 0.3 is 0 Å². The highest BCUT2D eigenvalue weighted by molar-refractivity contribution is 5.79. The van der Waals surface area contributed by atoms with Gasteiger partial charge < -0.3 is 15.3 Å². The fourth-order valence-corrected chi connectivity index (χ4v) is 2.95. The molecule has 29 heavy (non-hydrogen) atoms. The molecule has 3 aromatic rings. The molecule has 0 amide bonds. The van der Waals surface area contributed by atoms with Crippen molar-refractivity contribution in [1.29, 1.82) is 0 Å². The van der Waals surface area contributed by atoms with Gasteiger partial charge in [0.15, 0.2) is 5.96 Å². The number of aliphatic hydroxyl groups excluding tert-OH is 1. The molecular formula is C22H26FN5O. The molecule has 6 nitrogen and oxygen atoms in total. The molecule has 0 radical (unpaired) electrons. The van der Waals surface area contributed by atoms with Crippen LogP contribution in [0.3, 0.4) is 0 Å². The van der Waals surface area contributed by atoms with Crippen molar-refractivity contribution in [1.82, 2.24) is 20.0 Å². The van der Waals surface area contributed by atoms with E-state index in [0.717, 1.165) is 11.3 Å². The Kier molecular flexibility index (Phi) is 6.97. The maximum absolute atomic E-state index is 13.1. The minimum absolute atomic E-state index is 0.182. The fourth-order valence-electron chi connectivity index (χ4n) is 2.95. The second kappa shape index (κ2) is 9.84. The zero-order valence-corrected chi connectivity index (χ0v) is 16.7. The SMILES string of the molecule is CCNC(=NCC(O)c1ccc(F)cc1)N(C)Cc1cnn(-c2ccccc2)c1. The molecule has 3 rings (SSSR count). The number of aliphatic hydroxyl groups is 1. The predicted octanol–water partition coefficient (Wildman–Crippen LogP) is 3.14. The molecule has 7 heteroatoms. The number of halogens is 1. The molecule has 0 aliphatic heterocycles. The van der Waals surface area contributed by atoms with Gasteiger partial charge in [0, 0.05) is 31.9 Å². The number of hydrogen-bond acceptors (Lipinski definition) is 3. The number of benzene rings is 2. The number of nitrogens with zero attached hydrogens (tertiary/aromatic N) is 4. The number of hydrogen-bond donors (Lipinski definition) is 2. The summed E-state index contributed by atoms with van der Waals surface area (Å²) in [5, 5.41) is 18.0. The van der Waals surface area contributed by atoms with Gasteiger partial charge in [-0.15, -0.1) is 0 Å². The van der Waals surface area contributed by atoms with Gasteiger partial charge in [0.2, 0.25) is 0 Å². The number of aromatic nitrogens is 2. The summed E-state index contributed by atoms with van der Waals surface area (Å²) in [4.78, 5) is 6.51. The monoisotopic (exact) mass is 395 g/mol. The molecule has 0 aliphatic rings. The minimum atomic E-state index is -0.793. The van der Waals surface area contributed by atoms with Crippen LogP contribution >= 0.6 is 0 Å². The molecular weight excluding hydrogens is 369 g/mol. The minimum Gasteiger partial charge on any atom is -0.386 e. The quantitative estimate of drug-likeness (QED) is 0.477. The van der Waals surface area contributed by atoms with Crippen LogP contribution in [-0.4, -0.2) is 45.9 Å². The summed E-state index contributed by atoms with van der Waals surface area (Å²) in [7, 11) is 1.94. The molecule has 0 spiro atoms. The van der Waals surface area contributed by atoms with E-state index in [2.05, 4.69) is 15.4 Å². The standard InChI is InChI=1S/C22H26FN5O/c1-3-24-22(25-14-21(29)18-9-11-19(23)12-10-18)27(2)15-17-13-26-28(16-17)20-7-5-4-6-8-20/h4-13,16,21,29H,3,14-15H2,1-2H3,(H,24,25). The summed E-state index contributed by atoms with van der Waals surface area (Å²) in [6.07, 6.45) is 3.03. The maximum atomic E-state index is 13.1. The van der Waals surface area contributed by atoms with E-state index in [1.54, 1.807) is 12.1 Å². The van der Waals surface area contributed by atoms with E-state index in [0.29, 0.717) is 24.6 Å². The number of rotatable bonds is 7. The predicted molar refractivity (Wildman–Crippen MR) is 112 cm³/mol. The highest BCUT2D eigenvalue weighted by Crippen LogP contribution is 2.14. The van der Waals surface area contributed by atoms with E-state index in [1.807, 2.05) is 66.3 Å². The van der Waals surface area contributed by atoms with Gasteiger partial charge in [0.25, 0.3) is 0 Å². The maximum Gasteiger partial charge on any atom is 0.194 e. The summed E-state index contributed by atoms with van der Waals surface area (Å²) in [6.45, 7) is 3.50. The summed E-state index contributed by atoms with van der Waals surface area (Å²) >= 11 is 0. The summed E-state index contributed by atoms with van der Waals surface area (Å²) in [6, 6.07) is 15.8. The molecule has 0 saturated carbocycles. The van der Waals surface area contributed by atoms with E-state index in [1.165, 1.54) is 12.1 Å². The normalized spacial score (nSPS) is 12.6. The zero-order chi connectivity index (χ0) is 20.6. The Hall–Kier alpha value is -3.19. The third-order valence-corrected chi connectivity index (χ3v) is 4.44. The van der Waals surface area contributed by atoms with Crippen LogP contribution in [0.2, 0.25) is 0 Å². The molecule has 1 unspecified atom stereocenters. The average molecular weight is 395 g/mol. The van der Waals surface area contributed by atoms with Gasteiger partial charge in [-0.05, 0) is 36.8 Å². The van der Waals surface area contributed by atoms with Crippen molar-refractivity contribution in [3.05, 3.63) is 83.9 Å². The third-order valence-electron chi connectivity index (χ3n) is 4.44. The zero-order valence-electron chi connectivity index (χ0n) is 16.7. The highest BCUT2D eigenvalue weighted by atomic mass is 19.1. The van der Waals surface area contributed by atoms with Gasteiger partial charge in [-0.2, -0.15) is 5.10 Å². The van der Waals surface area contributed by atoms with Crippen molar-refractivity contribution < 1.29 is 9.50 Å². The molecule has 0 bridgehead atoms. The van der Waals surface area contributed by atoms with Crippen LogP contribution in [0.4, 0.5) is 4.39 Å². The lowest BCUT2D eigenvalue weighted by molar-refractivity contribution is 0.186. The van der Waals surface area contributed by atoms with Gasteiger partial charge in [-0.25, -0.2) is 9.07 Å². The fraction of sp³-hybridized carbons (Fsp3) is 0.273. The molecule has 1 heterocycles. The van der Waals surface area contributed by atoms with Crippen LogP contribution in [0.5, 0.6) is 0 Å². The molecule has 1 atom stereocenters. The van der Waals surface area contributed by atoms with Crippen LogP contribution in [0.15, 0.2) is 72.0 Å². The molecule has 0 saturated heterocycles. The second-order valence-corrected chi connectivity index (χ2v) is 6.75. The van der Waals surface area contributed by atoms with Gasteiger partial charge in [0.1, 0.15) is 5.82 Å². The third kappa shape index (κ3) is 5.65. The molecule has 152 valence electrons. The van der Waals surface area contributed by atoms with Gasteiger partial charge in [-0.3, -0.25) is 4.99 Å². The smallest absolute Gasteiger partial charge is 0.194 e. The van der Waals surface area contributed by atoms with Crippen molar-refractivity contribution in [2.45, 2.75) is 19.6 Å². The Bertz CT molecular complexity index is 924. The van der Waals surface area contributed by atoms with E-state index < -0.39 is 6.10 Å². The van der Waals surface area contributed by atoms with E-state index in [-0.39, 0.29) is 12.4 Å². The lowest BCUT2D eigenvalue weighted by atomic mass is 10.1. The van der Waals surface area contributed by atoms with Crippen molar-refractivity contribution in [2.75, 3.05) is 20.1 Å². The molecule has 0 aliphatic carbocycles. The first kappa shape index (κ1) is 20.5. The van der Waals surface area contributed by atoms with E-state index in [9.17, 15) is 9.50 Å². The van der Waals surface area contributed by atoms with Gasteiger partial charge in [-0.1, -0.05) is 30.3 Å². The van der Waals surface area contributed by atoms with Crippen molar-refractivity contribution in [3.63, 3.8) is 0 Å². The highest BCUT2D eigenvalue weighted by Gasteiger charge is 2.11. The number of guanidine groups is 1. The topological polar surface area (TPSA) is 65.7 Å². The Morgan fingerprint density at radius 1 is 1.21 bits per heavy atom. The number of para-hydroxylation sites is 1. The summed E-state index contributed by atoms with van der Waals surface area (Å²) in [5.74, 6) is 0.356.